The van der Waals surface area contributed by atoms with Crippen LogP contribution in [-0.4, -0.2) is 32.3 Å². The van der Waals surface area contributed by atoms with Gasteiger partial charge in [0.1, 0.15) is 5.82 Å². The van der Waals surface area contributed by atoms with Crippen LogP contribution in [0.4, 0.5) is 0 Å². The summed E-state index contributed by atoms with van der Waals surface area (Å²) >= 11 is 0. The van der Waals surface area contributed by atoms with Crippen LogP contribution in [0.2, 0.25) is 0 Å². The predicted molar refractivity (Wildman–Crippen MR) is 59.8 cm³/mol. The molecule has 0 bridgehead atoms. The van der Waals surface area contributed by atoms with Gasteiger partial charge in [-0.15, -0.1) is 10.2 Å². The van der Waals surface area contributed by atoms with Gasteiger partial charge in [0.05, 0.1) is 6.61 Å². The van der Waals surface area contributed by atoms with Crippen molar-refractivity contribution >= 4 is 5.97 Å². The van der Waals surface area contributed by atoms with Crippen LogP contribution in [0, 0.1) is 6.92 Å². The third kappa shape index (κ3) is 2.30. The van der Waals surface area contributed by atoms with Crippen LogP contribution in [0.1, 0.15) is 23.2 Å². The highest BCUT2D eigenvalue weighted by Gasteiger charge is 2.09. The van der Waals surface area contributed by atoms with Crippen LogP contribution >= 0.6 is 0 Å². The van der Waals surface area contributed by atoms with Crippen molar-refractivity contribution in [2.45, 2.75) is 13.8 Å². The largest absolute Gasteiger partial charge is 0.461 e. The Morgan fingerprint density at radius 1 is 1.41 bits per heavy atom. The standard InChI is InChI=1S/C11H12N4O2/c1-3-17-11(16)9-4-5-10(14-13-9)15-7-6-12-8(15)2/h4-7H,3H2,1-2H3. The first kappa shape index (κ1) is 11.3. The normalized spacial score (nSPS) is 10.2. The van der Waals surface area contributed by atoms with Gasteiger partial charge >= 0.3 is 5.97 Å². The van der Waals surface area contributed by atoms with Gasteiger partial charge in [-0.05, 0) is 26.0 Å². The molecule has 0 aliphatic heterocycles. The van der Waals surface area contributed by atoms with E-state index in [1.807, 2.05) is 6.92 Å². The molecule has 0 N–H and O–H groups in total. The van der Waals surface area contributed by atoms with Crippen molar-refractivity contribution in [3.05, 3.63) is 36.0 Å². The fourth-order valence-electron chi connectivity index (χ4n) is 1.39. The summed E-state index contributed by atoms with van der Waals surface area (Å²) in [6.07, 6.45) is 3.46. The van der Waals surface area contributed by atoms with E-state index in [4.69, 9.17) is 4.74 Å². The summed E-state index contributed by atoms with van der Waals surface area (Å²) in [5.41, 5.74) is 0.202. The Bertz CT molecular complexity index is 519. The Balaban J connectivity index is 2.25. The number of imidazole rings is 1. The Kier molecular flexibility index (Phi) is 3.13. The van der Waals surface area contributed by atoms with Gasteiger partial charge in [0.15, 0.2) is 11.5 Å². The highest BCUT2D eigenvalue weighted by molar-refractivity contribution is 5.86. The molecule has 6 nitrogen and oxygen atoms in total. The monoisotopic (exact) mass is 232 g/mol. The summed E-state index contributed by atoms with van der Waals surface area (Å²) in [5, 5.41) is 7.78. The van der Waals surface area contributed by atoms with E-state index in [1.54, 1.807) is 36.0 Å². The number of ether oxygens (including phenoxy) is 1. The summed E-state index contributed by atoms with van der Waals surface area (Å²) < 4.78 is 6.60. The van der Waals surface area contributed by atoms with Gasteiger partial charge in [0.25, 0.3) is 0 Å². The number of hydrogen-bond acceptors (Lipinski definition) is 5. The SMILES string of the molecule is CCOC(=O)c1ccc(-n2ccnc2C)nn1. The molecule has 2 aromatic heterocycles. The molecule has 88 valence electrons. The topological polar surface area (TPSA) is 69.9 Å². The Hall–Kier alpha value is -2.24. The predicted octanol–water partition coefficient (Wildman–Crippen LogP) is 1.15. The maximum absolute atomic E-state index is 11.4. The first-order valence-electron chi connectivity index (χ1n) is 5.23. The Morgan fingerprint density at radius 2 is 2.24 bits per heavy atom. The fourth-order valence-corrected chi connectivity index (χ4v) is 1.39. The molecule has 0 aliphatic rings. The number of carbonyl (C=O) groups excluding carboxylic acids is 1. The third-order valence-corrected chi connectivity index (χ3v) is 2.21. The van der Waals surface area contributed by atoms with Crippen LogP contribution in [0.25, 0.3) is 5.82 Å². The summed E-state index contributed by atoms with van der Waals surface area (Å²) in [6, 6.07) is 3.29. The van der Waals surface area contributed by atoms with Gasteiger partial charge in [-0.3, -0.25) is 4.57 Å². The van der Waals surface area contributed by atoms with Crippen molar-refractivity contribution in [1.29, 1.82) is 0 Å². The molecule has 0 saturated carbocycles. The summed E-state index contributed by atoms with van der Waals surface area (Å²) in [4.78, 5) is 15.4. The number of nitrogens with zero attached hydrogens (tertiary/aromatic N) is 4. The minimum atomic E-state index is -0.464. The number of rotatable bonds is 3. The molecule has 0 radical (unpaired) electrons. The third-order valence-electron chi connectivity index (χ3n) is 2.21. The van der Waals surface area contributed by atoms with E-state index >= 15 is 0 Å². The molecule has 0 aliphatic carbocycles. The first-order valence-corrected chi connectivity index (χ1v) is 5.23. The molecule has 17 heavy (non-hydrogen) atoms. The van der Waals surface area contributed by atoms with Gasteiger partial charge in [-0.2, -0.15) is 0 Å². The van der Waals surface area contributed by atoms with Gasteiger partial charge in [0, 0.05) is 12.4 Å². The fraction of sp³-hybridized carbons (Fsp3) is 0.273. The smallest absolute Gasteiger partial charge is 0.358 e. The van der Waals surface area contributed by atoms with Crippen molar-refractivity contribution in [1.82, 2.24) is 19.7 Å². The van der Waals surface area contributed by atoms with Crippen molar-refractivity contribution in [3.63, 3.8) is 0 Å². The van der Waals surface area contributed by atoms with Gasteiger partial charge in [-0.1, -0.05) is 0 Å². The average Bonchev–Trinajstić information content (AvgIpc) is 2.76. The minimum Gasteiger partial charge on any atom is -0.461 e. The van der Waals surface area contributed by atoms with Crippen molar-refractivity contribution in [2.24, 2.45) is 0 Å². The summed E-state index contributed by atoms with van der Waals surface area (Å²) in [6.45, 7) is 3.93. The van der Waals surface area contributed by atoms with E-state index in [1.165, 1.54) is 0 Å². The zero-order valence-corrected chi connectivity index (χ0v) is 9.62. The lowest BCUT2D eigenvalue weighted by Crippen LogP contribution is -2.09. The Morgan fingerprint density at radius 3 is 2.76 bits per heavy atom. The van der Waals surface area contributed by atoms with Crippen LogP contribution in [0.3, 0.4) is 0 Å². The van der Waals surface area contributed by atoms with E-state index in [2.05, 4.69) is 15.2 Å². The number of esters is 1. The molecule has 0 unspecified atom stereocenters. The van der Waals surface area contributed by atoms with E-state index in [0.717, 1.165) is 5.82 Å². The number of aromatic nitrogens is 4. The second kappa shape index (κ2) is 4.73. The van der Waals surface area contributed by atoms with E-state index in [-0.39, 0.29) is 5.69 Å². The van der Waals surface area contributed by atoms with E-state index in [9.17, 15) is 4.79 Å². The zero-order chi connectivity index (χ0) is 12.3. The lowest BCUT2D eigenvalue weighted by atomic mass is 10.4. The molecular weight excluding hydrogens is 220 g/mol. The van der Waals surface area contributed by atoms with Crippen LogP contribution < -0.4 is 0 Å². The molecule has 0 spiro atoms. The lowest BCUT2D eigenvalue weighted by molar-refractivity contribution is 0.0518. The molecule has 0 amide bonds. The second-order valence-corrected chi connectivity index (χ2v) is 3.34. The molecule has 2 heterocycles. The van der Waals surface area contributed by atoms with Gasteiger partial charge in [-0.25, -0.2) is 9.78 Å². The first-order chi connectivity index (χ1) is 8.22. The number of hydrogen-bond donors (Lipinski definition) is 0. The lowest BCUT2D eigenvalue weighted by Gasteiger charge is -2.04. The van der Waals surface area contributed by atoms with Crippen LogP contribution in [-0.2, 0) is 4.74 Å². The molecule has 2 aromatic rings. The molecule has 2 rings (SSSR count). The van der Waals surface area contributed by atoms with Crippen LogP contribution in [0.15, 0.2) is 24.5 Å². The highest BCUT2D eigenvalue weighted by Crippen LogP contribution is 2.06. The Labute approximate surface area is 98.3 Å². The zero-order valence-electron chi connectivity index (χ0n) is 9.62. The molecule has 6 heteroatoms. The minimum absolute atomic E-state index is 0.202. The van der Waals surface area contributed by atoms with E-state index < -0.39 is 5.97 Å². The molecule has 0 atom stereocenters. The maximum atomic E-state index is 11.4. The average molecular weight is 232 g/mol. The second-order valence-electron chi connectivity index (χ2n) is 3.34. The molecule has 0 fully saturated rings. The van der Waals surface area contributed by atoms with Gasteiger partial charge in [0.2, 0.25) is 0 Å². The maximum Gasteiger partial charge on any atom is 0.358 e. The van der Waals surface area contributed by atoms with Crippen molar-refractivity contribution < 1.29 is 9.53 Å². The molecular formula is C11H12N4O2. The number of carbonyl (C=O) groups is 1. The van der Waals surface area contributed by atoms with Gasteiger partial charge < -0.3 is 4.74 Å². The number of aryl methyl sites for hydroxylation is 1. The van der Waals surface area contributed by atoms with E-state index in [0.29, 0.717) is 12.4 Å². The summed E-state index contributed by atoms with van der Waals surface area (Å²) in [5.74, 6) is 0.963. The van der Waals surface area contributed by atoms with Crippen LogP contribution in [0.5, 0.6) is 0 Å². The van der Waals surface area contributed by atoms with Crippen molar-refractivity contribution in [3.8, 4) is 5.82 Å². The molecule has 0 aromatic carbocycles. The van der Waals surface area contributed by atoms with Crippen molar-refractivity contribution in [2.75, 3.05) is 6.61 Å². The highest BCUT2D eigenvalue weighted by atomic mass is 16.5. The summed E-state index contributed by atoms with van der Waals surface area (Å²) in [7, 11) is 0. The quantitative estimate of drug-likeness (QED) is 0.742. The molecule has 0 saturated heterocycles.